The molecule has 102 valence electrons. The Balaban J connectivity index is 2.85. The maximum atomic E-state index is 9.34. The topological polar surface area (TPSA) is 83.0 Å². The fraction of sp³-hybridized carbons (Fsp3) is 0.727. The third-order valence-corrected chi connectivity index (χ3v) is 2.85. The first-order valence-corrected chi connectivity index (χ1v) is 6.45. The van der Waals surface area contributed by atoms with E-state index in [1.165, 1.54) is 0 Å². The molecule has 0 radical (unpaired) electrons. The lowest BCUT2D eigenvalue weighted by Gasteiger charge is -2.27. The van der Waals surface area contributed by atoms with Crippen LogP contribution >= 0.6 is 11.6 Å². The smallest absolute Gasteiger partial charge is 0.229 e. The minimum absolute atomic E-state index is 0.00940. The molecule has 7 heteroatoms. The van der Waals surface area contributed by atoms with Crippen LogP contribution in [0.4, 0.5) is 11.9 Å². The third-order valence-electron chi connectivity index (χ3n) is 2.68. The zero-order valence-electron chi connectivity index (χ0n) is 11.0. The molecule has 3 N–H and O–H groups in total. The number of rotatable bonds is 7. The fourth-order valence-corrected chi connectivity index (χ4v) is 1.39. The van der Waals surface area contributed by atoms with Gasteiger partial charge in [-0.15, -0.1) is 0 Å². The van der Waals surface area contributed by atoms with Gasteiger partial charge in [0.05, 0.1) is 12.1 Å². The lowest BCUT2D eigenvalue weighted by molar-refractivity contribution is 0.218. The number of hydrogen-bond donors (Lipinski definition) is 3. The van der Waals surface area contributed by atoms with Crippen LogP contribution in [-0.2, 0) is 0 Å². The van der Waals surface area contributed by atoms with Crippen molar-refractivity contribution in [2.24, 2.45) is 0 Å². The van der Waals surface area contributed by atoms with Gasteiger partial charge >= 0.3 is 0 Å². The number of halogens is 1. The average Bonchev–Trinajstić information content (AvgIpc) is 2.35. The van der Waals surface area contributed by atoms with Crippen LogP contribution in [0.5, 0.6) is 0 Å². The van der Waals surface area contributed by atoms with E-state index >= 15 is 0 Å². The van der Waals surface area contributed by atoms with Crippen LogP contribution in [0.15, 0.2) is 0 Å². The highest BCUT2D eigenvalue weighted by Gasteiger charge is 2.22. The van der Waals surface area contributed by atoms with Gasteiger partial charge in [-0.05, 0) is 31.4 Å². The Morgan fingerprint density at radius 2 is 1.89 bits per heavy atom. The minimum atomic E-state index is -0.466. The van der Waals surface area contributed by atoms with Gasteiger partial charge in [0, 0.05) is 6.54 Å². The summed E-state index contributed by atoms with van der Waals surface area (Å²) in [5.41, 5.74) is -0.466. The molecule has 0 fully saturated rings. The molecule has 0 aliphatic carbocycles. The van der Waals surface area contributed by atoms with E-state index in [2.05, 4.69) is 32.5 Å². The first kappa shape index (κ1) is 14.9. The second-order valence-electron chi connectivity index (χ2n) is 4.38. The van der Waals surface area contributed by atoms with Crippen LogP contribution in [0, 0.1) is 0 Å². The molecule has 0 saturated heterocycles. The van der Waals surface area contributed by atoms with Crippen LogP contribution in [0.2, 0.25) is 5.28 Å². The molecule has 1 rings (SSSR count). The van der Waals surface area contributed by atoms with Crippen LogP contribution in [0.1, 0.15) is 33.6 Å². The van der Waals surface area contributed by atoms with Crippen molar-refractivity contribution < 1.29 is 5.11 Å². The number of aliphatic hydroxyl groups excluding tert-OH is 1. The van der Waals surface area contributed by atoms with Gasteiger partial charge in [-0.3, -0.25) is 0 Å². The van der Waals surface area contributed by atoms with Crippen LogP contribution in [-0.4, -0.2) is 38.7 Å². The van der Waals surface area contributed by atoms with Crippen molar-refractivity contribution in [2.75, 3.05) is 23.8 Å². The number of nitrogens with one attached hydrogen (secondary N) is 2. The van der Waals surface area contributed by atoms with Crippen molar-refractivity contribution in [1.29, 1.82) is 0 Å². The SMILES string of the molecule is CCCNc1nc(Cl)nc(NC(C)(CC)CO)n1. The first-order chi connectivity index (χ1) is 8.53. The van der Waals surface area contributed by atoms with Crippen LogP contribution in [0.25, 0.3) is 0 Å². The maximum Gasteiger partial charge on any atom is 0.229 e. The predicted molar refractivity (Wildman–Crippen MR) is 73.0 cm³/mol. The molecule has 1 unspecified atom stereocenters. The van der Waals surface area contributed by atoms with E-state index in [0.717, 1.165) is 19.4 Å². The first-order valence-electron chi connectivity index (χ1n) is 6.07. The summed E-state index contributed by atoms with van der Waals surface area (Å²) in [4.78, 5) is 12.2. The molecule has 1 heterocycles. The Morgan fingerprint density at radius 3 is 2.44 bits per heavy atom. The van der Waals surface area contributed by atoms with Gasteiger partial charge in [-0.1, -0.05) is 13.8 Å². The Hall–Kier alpha value is -1.14. The summed E-state index contributed by atoms with van der Waals surface area (Å²) >= 11 is 5.84. The predicted octanol–water partition coefficient (Wildman–Crippen LogP) is 1.92. The van der Waals surface area contributed by atoms with Gasteiger partial charge in [-0.25, -0.2) is 0 Å². The van der Waals surface area contributed by atoms with Crippen molar-refractivity contribution in [3.8, 4) is 0 Å². The third kappa shape index (κ3) is 4.27. The molecule has 18 heavy (non-hydrogen) atoms. The monoisotopic (exact) mass is 273 g/mol. The zero-order valence-corrected chi connectivity index (χ0v) is 11.8. The van der Waals surface area contributed by atoms with Crippen molar-refractivity contribution in [2.45, 2.75) is 39.2 Å². The molecule has 0 aliphatic rings. The summed E-state index contributed by atoms with van der Waals surface area (Å²) < 4.78 is 0. The average molecular weight is 274 g/mol. The van der Waals surface area contributed by atoms with Gasteiger partial charge in [-0.2, -0.15) is 15.0 Å². The fourth-order valence-electron chi connectivity index (χ4n) is 1.23. The normalized spacial score (nSPS) is 14.1. The summed E-state index contributed by atoms with van der Waals surface area (Å²) in [5.74, 6) is 0.808. The van der Waals surface area contributed by atoms with Crippen molar-refractivity contribution in [1.82, 2.24) is 15.0 Å². The number of aromatic nitrogens is 3. The molecule has 0 spiro atoms. The minimum Gasteiger partial charge on any atom is -0.394 e. The van der Waals surface area contributed by atoms with E-state index < -0.39 is 5.54 Å². The maximum absolute atomic E-state index is 9.34. The summed E-state index contributed by atoms with van der Waals surface area (Å²) in [7, 11) is 0. The molecule has 6 nitrogen and oxygen atoms in total. The molecule has 1 aromatic heterocycles. The summed E-state index contributed by atoms with van der Waals surface area (Å²) in [6, 6.07) is 0. The molecule has 1 atom stereocenters. The Bertz CT molecular complexity index is 384. The largest absolute Gasteiger partial charge is 0.394 e. The Kier molecular flexibility index (Phi) is 5.55. The summed E-state index contributed by atoms with van der Waals surface area (Å²) in [5, 5.41) is 15.6. The Morgan fingerprint density at radius 1 is 1.22 bits per heavy atom. The summed E-state index contributed by atoms with van der Waals surface area (Å²) in [6.45, 7) is 6.68. The van der Waals surface area contributed by atoms with E-state index in [0.29, 0.717) is 11.9 Å². The zero-order chi connectivity index (χ0) is 13.6. The second-order valence-corrected chi connectivity index (χ2v) is 4.71. The molecule has 0 bridgehead atoms. The van der Waals surface area contributed by atoms with E-state index in [1.807, 2.05) is 13.8 Å². The lowest BCUT2D eigenvalue weighted by atomic mass is 10.0. The number of nitrogens with zero attached hydrogens (tertiary/aromatic N) is 3. The number of anilines is 2. The lowest BCUT2D eigenvalue weighted by Crippen LogP contribution is -2.38. The van der Waals surface area contributed by atoms with E-state index in [1.54, 1.807) is 0 Å². The highest BCUT2D eigenvalue weighted by atomic mass is 35.5. The van der Waals surface area contributed by atoms with Crippen molar-refractivity contribution in [3.63, 3.8) is 0 Å². The van der Waals surface area contributed by atoms with E-state index in [4.69, 9.17) is 11.6 Å². The van der Waals surface area contributed by atoms with Gasteiger partial charge < -0.3 is 15.7 Å². The van der Waals surface area contributed by atoms with Gasteiger partial charge in [0.1, 0.15) is 0 Å². The van der Waals surface area contributed by atoms with Crippen molar-refractivity contribution >= 4 is 23.5 Å². The molecule has 0 aliphatic heterocycles. The molecule has 0 amide bonds. The molecular formula is C11H20ClN5O. The standard InChI is InChI=1S/C11H20ClN5O/c1-4-6-13-9-14-8(12)15-10(16-9)17-11(3,5-2)7-18/h18H,4-7H2,1-3H3,(H2,13,14,15,16,17). The van der Waals surface area contributed by atoms with Gasteiger partial charge in [0.2, 0.25) is 17.2 Å². The molecule has 0 aromatic carbocycles. The highest BCUT2D eigenvalue weighted by molar-refractivity contribution is 6.28. The number of aliphatic hydroxyl groups is 1. The quantitative estimate of drug-likeness (QED) is 0.704. The molecule has 1 aromatic rings. The second kappa shape index (κ2) is 6.70. The molecule has 0 saturated carbocycles. The van der Waals surface area contributed by atoms with Crippen LogP contribution in [0.3, 0.4) is 0 Å². The van der Waals surface area contributed by atoms with E-state index in [9.17, 15) is 5.11 Å². The van der Waals surface area contributed by atoms with Crippen molar-refractivity contribution in [3.05, 3.63) is 5.28 Å². The summed E-state index contributed by atoms with van der Waals surface area (Å²) in [6.07, 6.45) is 1.71. The van der Waals surface area contributed by atoms with E-state index in [-0.39, 0.29) is 11.9 Å². The molecular weight excluding hydrogens is 254 g/mol. The van der Waals surface area contributed by atoms with Gasteiger partial charge in [0.25, 0.3) is 0 Å². The van der Waals surface area contributed by atoms with Gasteiger partial charge in [0.15, 0.2) is 0 Å². The van der Waals surface area contributed by atoms with Crippen LogP contribution < -0.4 is 10.6 Å². The number of hydrogen-bond acceptors (Lipinski definition) is 6. The Labute approximate surface area is 112 Å². The highest BCUT2D eigenvalue weighted by Crippen LogP contribution is 2.17.